The first-order chi connectivity index (χ1) is 19.8. The first-order valence-corrected chi connectivity index (χ1v) is 13.4. The van der Waals surface area contributed by atoms with Crippen LogP contribution in [-0.2, 0) is 10.9 Å². The highest BCUT2D eigenvalue weighted by Crippen LogP contribution is 2.41. The third-order valence-electron chi connectivity index (χ3n) is 6.70. The van der Waals surface area contributed by atoms with E-state index >= 15 is 0 Å². The molecule has 17 heteroatoms. The third kappa shape index (κ3) is 5.49. The molecule has 0 saturated carbocycles. The number of aromatic nitrogens is 6. The van der Waals surface area contributed by atoms with Gasteiger partial charge in [-0.25, -0.2) is 18.7 Å². The van der Waals surface area contributed by atoms with Crippen molar-refractivity contribution in [3.63, 3.8) is 0 Å². The van der Waals surface area contributed by atoms with Crippen molar-refractivity contribution in [1.82, 2.24) is 29.8 Å². The number of methoxy groups -OCH3 is 1. The van der Waals surface area contributed by atoms with Gasteiger partial charge in [-0.3, -0.25) is 0 Å². The average Bonchev–Trinajstić information content (AvgIpc) is 3.57. The predicted molar refractivity (Wildman–Crippen MR) is 142 cm³/mol. The van der Waals surface area contributed by atoms with Crippen molar-refractivity contribution in [3.8, 4) is 22.7 Å². The fraction of sp³-hybridized carbons (Fsp3) is 0.360. The Morgan fingerprint density at radius 1 is 1.17 bits per heavy atom. The Morgan fingerprint density at radius 2 is 1.90 bits per heavy atom. The van der Waals surface area contributed by atoms with Crippen LogP contribution >= 0.6 is 27.5 Å². The van der Waals surface area contributed by atoms with Gasteiger partial charge in [0.05, 0.1) is 35.6 Å². The molecule has 2 aromatic heterocycles. The number of aryl methyl sites for hydroxylation is 1. The standard InChI is InChI=1S/C25H22BrClF4N6O5/c1-10-32-24(37(34-10)16-7-12(27)3-4-13(16)25(29,30)31)23-22(40)20(21(39)18(9-38)42-23)36-8-15(33-35-36)11-5-14(28)19(26)17(6-11)41-2/h3-8,18,20-23,38-40H,9H2,1-2H3/t18-,20+,21+,22-,23-/m1/s1. The number of alkyl halides is 3. The molecule has 1 saturated heterocycles. The van der Waals surface area contributed by atoms with E-state index in [1.807, 2.05) is 0 Å². The first-order valence-electron chi connectivity index (χ1n) is 12.2. The molecule has 0 amide bonds. The molecule has 2 aromatic carbocycles. The zero-order valence-corrected chi connectivity index (χ0v) is 24.0. The Bertz CT molecular complexity index is 1620. The Labute approximate surface area is 248 Å². The van der Waals surface area contributed by atoms with Crippen LogP contribution in [0.25, 0.3) is 16.9 Å². The van der Waals surface area contributed by atoms with Crippen molar-refractivity contribution < 1.29 is 42.4 Å². The summed E-state index contributed by atoms with van der Waals surface area (Å²) >= 11 is 9.11. The molecule has 4 aromatic rings. The summed E-state index contributed by atoms with van der Waals surface area (Å²) in [6.07, 6.45) is -9.54. The second-order valence-corrected chi connectivity index (χ2v) is 10.6. The van der Waals surface area contributed by atoms with E-state index in [-0.39, 0.29) is 38.2 Å². The largest absolute Gasteiger partial charge is 0.495 e. The average molecular weight is 678 g/mol. The van der Waals surface area contributed by atoms with Gasteiger partial charge < -0.3 is 24.8 Å². The van der Waals surface area contributed by atoms with Gasteiger partial charge in [0.2, 0.25) is 0 Å². The molecule has 11 nitrogen and oxygen atoms in total. The van der Waals surface area contributed by atoms with Gasteiger partial charge in [-0.2, -0.15) is 18.3 Å². The molecule has 42 heavy (non-hydrogen) atoms. The molecule has 5 atom stereocenters. The van der Waals surface area contributed by atoms with Crippen LogP contribution in [0.3, 0.4) is 0 Å². The van der Waals surface area contributed by atoms with E-state index in [9.17, 15) is 32.9 Å². The Balaban J connectivity index is 1.58. The van der Waals surface area contributed by atoms with Gasteiger partial charge in [0.1, 0.15) is 53.5 Å². The van der Waals surface area contributed by atoms with Crippen molar-refractivity contribution in [2.45, 2.75) is 43.6 Å². The maximum atomic E-state index is 14.4. The Kier molecular flexibility index (Phi) is 8.30. The van der Waals surface area contributed by atoms with Crippen LogP contribution in [0.4, 0.5) is 17.6 Å². The summed E-state index contributed by atoms with van der Waals surface area (Å²) in [7, 11) is 1.35. The fourth-order valence-corrected chi connectivity index (χ4v) is 5.31. The lowest BCUT2D eigenvalue weighted by atomic mass is 9.92. The number of benzene rings is 2. The van der Waals surface area contributed by atoms with Crippen molar-refractivity contribution in [3.05, 3.63) is 69.1 Å². The van der Waals surface area contributed by atoms with Crippen LogP contribution in [0.2, 0.25) is 5.02 Å². The van der Waals surface area contributed by atoms with Gasteiger partial charge in [-0.15, -0.1) is 5.10 Å². The Hall–Kier alpha value is -3.15. The number of hydrogen-bond donors (Lipinski definition) is 3. The number of aliphatic hydroxyl groups is 3. The van der Waals surface area contributed by atoms with Gasteiger partial charge >= 0.3 is 6.18 Å². The number of nitrogens with zero attached hydrogens (tertiary/aromatic N) is 6. The highest BCUT2D eigenvalue weighted by molar-refractivity contribution is 9.10. The van der Waals surface area contributed by atoms with Crippen molar-refractivity contribution in [2.75, 3.05) is 13.7 Å². The van der Waals surface area contributed by atoms with E-state index in [0.717, 1.165) is 27.6 Å². The highest BCUT2D eigenvalue weighted by Gasteiger charge is 2.49. The molecule has 0 radical (unpaired) electrons. The van der Waals surface area contributed by atoms with E-state index in [1.54, 1.807) is 0 Å². The molecule has 3 heterocycles. The van der Waals surface area contributed by atoms with Gasteiger partial charge in [0, 0.05) is 10.6 Å². The summed E-state index contributed by atoms with van der Waals surface area (Å²) in [5.41, 5.74) is -1.13. The van der Waals surface area contributed by atoms with Crippen LogP contribution in [0.1, 0.15) is 29.4 Å². The molecule has 3 N–H and O–H groups in total. The molecule has 1 aliphatic heterocycles. The minimum absolute atomic E-state index is 0.0140. The quantitative estimate of drug-likeness (QED) is 0.260. The van der Waals surface area contributed by atoms with Crippen molar-refractivity contribution in [2.24, 2.45) is 0 Å². The zero-order chi connectivity index (χ0) is 30.5. The minimum Gasteiger partial charge on any atom is -0.495 e. The summed E-state index contributed by atoms with van der Waals surface area (Å²) < 4.78 is 69.1. The van der Waals surface area contributed by atoms with Gasteiger partial charge in [0.15, 0.2) is 5.82 Å². The normalized spacial score (nSPS) is 22.9. The summed E-state index contributed by atoms with van der Waals surface area (Å²) in [6, 6.07) is 4.24. The molecule has 0 aliphatic carbocycles. The van der Waals surface area contributed by atoms with Crippen LogP contribution in [-0.4, -0.2) is 77.1 Å². The van der Waals surface area contributed by atoms with Crippen molar-refractivity contribution in [1.29, 1.82) is 0 Å². The van der Waals surface area contributed by atoms with Gasteiger partial charge in [0.25, 0.3) is 0 Å². The lowest BCUT2D eigenvalue weighted by Gasteiger charge is -2.41. The lowest BCUT2D eigenvalue weighted by molar-refractivity contribution is -0.210. The van der Waals surface area contributed by atoms with E-state index in [0.29, 0.717) is 0 Å². The first kappa shape index (κ1) is 30.3. The summed E-state index contributed by atoms with van der Waals surface area (Å²) in [5.74, 6) is -0.658. The number of halogens is 6. The molecular formula is C25H22BrClF4N6O5. The molecule has 224 valence electrons. The summed E-state index contributed by atoms with van der Waals surface area (Å²) in [6.45, 7) is 0.702. The summed E-state index contributed by atoms with van der Waals surface area (Å²) in [5, 5.41) is 44.5. The molecule has 5 rings (SSSR count). The highest BCUT2D eigenvalue weighted by atomic mass is 79.9. The molecule has 0 spiro atoms. The number of hydrogen-bond acceptors (Lipinski definition) is 9. The summed E-state index contributed by atoms with van der Waals surface area (Å²) in [4.78, 5) is 4.21. The second kappa shape index (κ2) is 11.5. The maximum absolute atomic E-state index is 14.4. The predicted octanol–water partition coefficient (Wildman–Crippen LogP) is 3.81. The molecule has 1 aliphatic rings. The molecular weight excluding hydrogens is 656 g/mol. The lowest BCUT2D eigenvalue weighted by Crippen LogP contribution is -2.53. The van der Waals surface area contributed by atoms with Gasteiger partial charge in [-0.1, -0.05) is 16.8 Å². The van der Waals surface area contributed by atoms with Crippen LogP contribution in [0, 0.1) is 12.7 Å². The SMILES string of the molecule is COc1cc(-c2cn([C@H]3[C@@H](O)[C@@H](CO)O[C@@H](c4nc(C)nn4-c4cc(Cl)ccc4C(F)(F)F)[C@@H]3O)nn2)cc(F)c1Br. The van der Waals surface area contributed by atoms with E-state index < -0.39 is 60.3 Å². The van der Waals surface area contributed by atoms with E-state index in [4.69, 9.17) is 21.1 Å². The van der Waals surface area contributed by atoms with Crippen LogP contribution in [0.5, 0.6) is 5.75 Å². The van der Waals surface area contributed by atoms with E-state index in [1.165, 1.54) is 32.4 Å². The molecule has 0 bridgehead atoms. The fourth-order valence-electron chi connectivity index (χ4n) is 4.76. The monoisotopic (exact) mass is 676 g/mol. The van der Waals surface area contributed by atoms with Crippen molar-refractivity contribution >= 4 is 27.5 Å². The molecule has 0 unspecified atom stereocenters. The van der Waals surface area contributed by atoms with E-state index in [2.05, 4.69) is 36.3 Å². The number of aliphatic hydroxyl groups excluding tert-OH is 3. The second-order valence-electron chi connectivity index (χ2n) is 9.40. The topological polar surface area (TPSA) is 141 Å². The van der Waals surface area contributed by atoms with Gasteiger partial charge in [-0.05, 0) is 53.2 Å². The third-order valence-corrected chi connectivity index (χ3v) is 7.71. The molecule has 1 fully saturated rings. The smallest absolute Gasteiger partial charge is 0.418 e. The maximum Gasteiger partial charge on any atom is 0.418 e. The Morgan fingerprint density at radius 3 is 2.57 bits per heavy atom. The number of ether oxygens (including phenoxy) is 2. The minimum atomic E-state index is -4.79. The zero-order valence-electron chi connectivity index (χ0n) is 21.7. The van der Waals surface area contributed by atoms with Crippen LogP contribution in [0.15, 0.2) is 41.0 Å². The van der Waals surface area contributed by atoms with Crippen LogP contribution < -0.4 is 4.74 Å². The number of rotatable bonds is 6.